The number of hydrogen-bond acceptors (Lipinski definition) is 2. The van der Waals surface area contributed by atoms with Crippen LogP contribution >= 0.6 is 0 Å². The summed E-state index contributed by atoms with van der Waals surface area (Å²) in [6.07, 6.45) is 1.70. The van der Waals surface area contributed by atoms with E-state index in [1.54, 1.807) is 0 Å². The minimum Gasteiger partial charge on any atom is -0.338 e. The molecule has 2 aromatic carbocycles. The molecular weight excluding hydrogens is 308 g/mol. The van der Waals surface area contributed by atoms with Crippen molar-refractivity contribution >= 4 is 5.91 Å². The first-order valence-electron chi connectivity index (χ1n) is 9.19. The number of hydrogen-bond donors (Lipinski definition) is 1. The zero-order valence-corrected chi connectivity index (χ0v) is 15.5. The highest BCUT2D eigenvalue weighted by molar-refractivity contribution is 5.78. The van der Waals surface area contributed by atoms with Gasteiger partial charge in [0.1, 0.15) is 0 Å². The fraction of sp³-hybridized carbons (Fsp3) is 0.409. The average Bonchev–Trinajstić information content (AvgIpc) is 3.01. The molecule has 0 aliphatic carbocycles. The van der Waals surface area contributed by atoms with Gasteiger partial charge in [0.15, 0.2) is 0 Å². The number of amides is 1. The van der Waals surface area contributed by atoms with Gasteiger partial charge < -0.3 is 10.2 Å². The summed E-state index contributed by atoms with van der Waals surface area (Å²) in [4.78, 5) is 13.7. The van der Waals surface area contributed by atoms with Gasteiger partial charge in [0.25, 0.3) is 0 Å². The summed E-state index contributed by atoms with van der Waals surface area (Å²) < 4.78 is 0. The van der Waals surface area contributed by atoms with Crippen LogP contribution in [0.25, 0.3) is 0 Å². The van der Waals surface area contributed by atoms with Crippen molar-refractivity contribution in [2.75, 3.05) is 6.54 Å². The molecule has 3 nitrogen and oxygen atoms in total. The molecule has 1 saturated heterocycles. The van der Waals surface area contributed by atoms with Gasteiger partial charge in [-0.3, -0.25) is 4.79 Å². The van der Waals surface area contributed by atoms with E-state index in [-0.39, 0.29) is 5.91 Å². The second-order valence-corrected chi connectivity index (χ2v) is 7.18. The Morgan fingerprint density at radius 2 is 1.76 bits per heavy atom. The van der Waals surface area contributed by atoms with Crippen molar-refractivity contribution in [3.05, 3.63) is 70.3 Å². The molecule has 1 heterocycles. The third-order valence-corrected chi connectivity index (χ3v) is 5.21. The quantitative estimate of drug-likeness (QED) is 0.854. The molecule has 25 heavy (non-hydrogen) atoms. The van der Waals surface area contributed by atoms with E-state index in [0.717, 1.165) is 26.1 Å². The topological polar surface area (TPSA) is 32.3 Å². The summed E-state index contributed by atoms with van der Waals surface area (Å²) in [5.41, 5.74) is 6.48. The molecular formula is C22H28N2O. The second-order valence-electron chi connectivity index (χ2n) is 7.18. The number of aryl methyl sites for hydroxylation is 2. The van der Waals surface area contributed by atoms with Crippen molar-refractivity contribution in [2.45, 2.75) is 52.7 Å². The third-order valence-electron chi connectivity index (χ3n) is 5.21. The van der Waals surface area contributed by atoms with Gasteiger partial charge >= 0.3 is 0 Å². The number of carbonyl (C=O) groups is 1. The van der Waals surface area contributed by atoms with Crippen molar-refractivity contribution in [2.24, 2.45) is 0 Å². The zero-order chi connectivity index (χ0) is 17.8. The zero-order valence-electron chi connectivity index (χ0n) is 15.5. The fourth-order valence-corrected chi connectivity index (χ4v) is 3.28. The first-order chi connectivity index (χ1) is 12.0. The van der Waals surface area contributed by atoms with Crippen molar-refractivity contribution in [3.8, 4) is 0 Å². The van der Waals surface area contributed by atoms with E-state index >= 15 is 0 Å². The summed E-state index contributed by atoms with van der Waals surface area (Å²) in [6.45, 7) is 9.00. The molecule has 0 radical (unpaired) electrons. The molecule has 1 atom stereocenters. The fourth-order valence-electron chi connectivity index (χ4n) is 3.28. The monoisotopic (exact) mass is 336 g/mol. The van der Waals surface area contributed by atoms with Crippen LogP contribution in [0.1, 0.15) is 53.6 Å². The van der Waals surface area contributed by atoms with Gasteiger partial charge in [-0.2, -0.15) is 0 Å². The number of benzene rings is 2. The summed E-state index contributed by atoms with van der Waals surface area (Å²) in [5, 5.41) is 3.60. The van der Waals surface area contributed by atoms with Gasteiger partial charge in [-0.1, -0.05) is 42.5 Å². The van der Waals surface area contributed by atoms with Gasteiger partial charge in [0, 0.05) is 32.1 Å². The SMILES string of the molecule is Cc1ccc([C@@H](C)NCc2ccc(CN3CCCC3=O)cc2)cc1C. The Hall–Kier alpha value is -2.13. The predicted molar refractivity (Wildman–Crippen MR) is 102 cm³/mol. The van der Waals surface area contributed by atoms with Crippen molar-refractivity contribution < 1.29 is 4.79 Å². The molecule has 2 aromatic rings. The van der Waals surface area contributed by atoms with Crippen molar-refractivity contribution in [3.63, 3.8) is 0 Å². The maximum Gasteiger partial charge on any atom is 0.222 e. The lowest BCUT2D eigenvalue weighted by Crippen LogP contribution is -2.23. The summed E-state index contributed by atoms with van der Waals surface area (Å²) in [7, 11) is 0. The minimum atomic E-state index is 0.285. The van der Waals surface area contributed by atoms with E-state index in [1.165, 1.54) is 27.8 Å². The Bertz CT molecular complexity index is 736. The molecule has 0 unspecified atom stereocenters. The normalized spacial score (nSPS) is 15.6. The molecule has 1 N–H and O–H groups in total. The average molecular weight is 336 g/mol. The van der Waals surface area contributed by atoms with E-state index in [4.69, 9.17) is 0 Å². The lowest BCUT2D eigenvalue weighted by Gasteiger charge is -2.17. The van der Waals surface area contributed by atoms with E-state index in [0.29, 0.717) is 12.5 Å². The Balaban J connectivity index is 1.54. The standard InChI is InChI=1S/C22H28N2O/c1-16-6-11-21(13-17(16)2)18(3)23-14-19-7-9-20(10-8-19)15-24-12-4-5-22(24)25/h6-11,13,18,23H,4-5,12,14-15H2,1-3H3/t18-/m1/s1. The lowest BCUT2D eigenvalue weighted by atomic mass is 10.0. The Kier molecular flexibility index (Phi) is 5.54. The molecule has 1 aliphatic rings. The maximum atomic E-state index is 11.7. The number of nitrogens with one attached hydrogen (secondary N) is 1. The number of rotatable bonds is 6. The van der Waals surface area contributed by atoms with E-state index in [2.05, 4.69) is 68.6 Å². The van der Waals surface area contributed by atoms with Gasteiger partial charge in [0.05, 0.1) is 0 Å². The highest BCUT2D eigenvalue weighted by atomic mass is 16.2. The minimum absolute atomic E-state index is 0.285. The molecule has 3 heteroatoms. The molecule has 1 fully saturated rings. The van der Waals surface area contributed by atoms with Gasteiger partial charge in [-0.05, 0) is 55.0 Å². The molecule has 132 valence electrons. The first-order valence-corrected chi connectivity index (χ1v) is 9.19. The highest BCUT2D eigenvalue weighted by Gasteiger charge is 2.19. The summed E-state index contributed by atoms with van der Waals surface area (Å²) in [6, 6.07) is 15.6. The smallest absolute Gasteiger partial charge is 0.222 e. The van der Waals surface area contributed by atoms with Gasteiger partial charge in [0.2, 0.25) is 5.91 Å². The molecule has 0 aromatic heterocycles. The van der Waals surface area contributed by atoms with Crippen molar-refractivity contribution in [1.82, 2.24) is 10.2 Å². The summed E-state index contributed by atoms with van der Waals surface area (Å²) >= 11 is 0. The van der Waals surface area contributed by atoms with Crippen LogP contribution in [0.3, 0.4) is 0 Å². The second kappa shape index (κ2) is 7.83. The Morgan fingerprint density at radius 3 is 2.40 bits per heavy atom. The molecule has 0 bridgehead atoms. The molecule has 0 saturated carbocycles. The molecule has 1 amide bonds. The largest absolute Gasteiger partial charge is 0.338 e. The maximum absolute atomic E-state index is 11.7. The van der Waals surface area contributed by atoms with Gasteiger partial charge in [-0.25, -0.2) is 0 Å². The molecule has 3 rings (SSSR count). The van der Waals surface area contributed by atoms with Crippen LogP contribution in [0.2, 0.25) is 0 Å². The van der Waals surface area contributed by atoms with Crippen LogP contribution in [-0.4, -0.2) is 17.4 Å². The third kappa shape index (κ3) is 4.49. The Labute approximate surface area is 151 Å². The number of nitrogens with zero attached hydrogens (tertiary/aromatic N) is 1. The van der Waals surface area contributed by atoms with Crippen LogP contribution in [0.4, 0.5) is 0 Å². The van der Waals surface area contributed by atoms with Crippen LogP contribution in [-0.2, 0) is 17.9 Å². The van der Waals surface area contributed by atoms with Crippen LogP contribution in [0.15, 0.2) is 42.5 Å². The lowest BCUT2D eigenvalue weighted by molar-refractivity contribution is -0.128. The number of carbonyl (C=O) groups excluding carboxylic acids is 1. The highest BCUT2D eigenvalue weighted by Crippen LogP contribution is 2.18. The van der Waals surface area contributed by atoms with E-state index in [9.17, 15) is 4.79 Å². The van der Waals surface area contributed by atoms with Crippen LogP contribution < -0.4 is 5.32 Å². The first kappa shape index (κ1) is 17.7. The molecule has 1 aliphatic heterocycles. The Morgan fingerprint density at radius 1 is 1.04 bits per heavy atom. The summed E-state index contributed by atoms with van der Waals surface area (Å²) in [5.74, 6) is 0.285. The predicted octanol–water partition coefficient (Wildman–Crippen LogP) is 4.28. The van der Waals surface area contributed by atoms with E-state index < -0.39 is 0 Å². The van der Waals surface area contributed by atoms with Gasteiger partial charge in [-0.15, -0.1) is 0 Å². The van der Waals surface area contributed by atoms with E-state index in [1.807, 2.05) is 4.90 Å². The van der Waals surface area contributed by atoms with Crippen molar-refractivity contribution in [1.29, 1.82) is 0 Å². The van der Waals surface area contributed by atoms with Crippen LogP contribution in [0, 0.1) is 13.8 Å². The number of likely N-dealkylation sites (tertiary alicyclic amines) is 1. The molecule has 0 spiro atoms. The van der Waals surface area contributed by atoms with Crippen LogP contribution in [0.5, 0.6) is 0 Å².